The maximum atomic E-state index is 14.0. The minimum Gasteiger partial charge on any atom is -0.352 e. The van der Waals surface area contributed by atoms with Crippen LogP contribution in [0, 0.1) is 26.6 Å². The van der Waals surface area contributed by atoms with Crippen LogP contribution in [0.15, 0.2) is 72.2 Å². The smallest absolute Gasteiger partial charge is 0.251 e. The number of rotatable bonds is 7. The molecule has 0 aliphatic heterocycles. The van der Waals surface area contributed by atoms with E-state index in [1.807, 2.05) is 31.4 Å². The largest absolute Gasteiger partial charge is 0.352 e. The number of halogens is 1. The third-order valence-electron chi connectivity index (χ3n) is 6.62. The van der Waals surface area contributed by atoms with E-state index >= 15 is 0 Å². The molecule has 0 bridgehead atoms. The summed E-state index contributed by atoms with van der Waals surface area (Å²) in [5.74, 6) is -0.753. The van der Waals surface area contributed by atoms with Gasteiger partial charge in [0.25, 0.3) is 5.91 Å². The Morgan fingerprint density at radius 3 is 2.30 bits per heavy atom. The van der Waals surface area contributed by atoms with Gasteiger partial charge in [0, 0.05) is 46.9 Å². The third-order valence-corrected chi connectivity index (χ3v) is 6.62. The number of aryl methyl sites for hydroxylation is 3. The highest BCUT2D eigenvalue weighted by Gasteiger charge is 2.17. The topological polar surface area (TPSA) is 68.2 Å². The molecule has 6 heteroatoms. The lowest BCUT2D eigenvalue weighted by molar-refractivity contribution is 0.0955. The van der Waals surface area contributed by atoms with Gasteiger partial charge in [-0.05, 0) is 92.4 Å². The van der Waals surface area contributed by atoms with Crippen molar-refractivity contribution in [2.24, 2.45) is 0 Å². The van der Waals surface area contributed by atoms with Gasteiger partial charge in [0.15, 0.2) is 11.2 Å². The molecule has 37 heavy (non-hydrogen) atoms. The number of aromatic nitrogens is 1. The number of pyridine rings is 1. The van der Waals surface area contributed by atoms with Crippen molar-refractivity contribution < 1.29 is 14.0 Å². The van der Waals surface area contributed by atoms with Crippen molar-refractivity contribution in [2.45, 2.75) is 34.1 Å². The molecule has 188 valence electrons. The summed E-state index contributed by atoms with van der Waals surface area (Å²) < 4.78 is 15.8. The minimum absolute atomic E-state index is 0.164. The van der Waals surface area contributed by atoms with Crippen molar-refractivity contribution in [3.8, 4) is 5.69 Å². The van der Waals surface area contributed by atoms with E-state index in [-0.39, 0.29) is 22.9 Å². The zero-order valence-electron chi connectivity index (χ0n) is 21.4. The van der Waals surface area contributed by atoms with E-state index in [1.54, 1.807) is 43.5 Å². The molecule has 1 amide bonds. The normalized spacial score (nSPS) is 10.9. The molecule has 0 aliphatic carbocycles. The second-order valence-electron chi connectivity index (χ2n) is 9.21. The number of nitrogens with one attached hydrogen (secondary N) is 1. The predicted octanol–water partition coefficient (Wildman–Crippen LogP) is 5.76. The van der Waals surface area contributed by atoms with E-state index in [0.717, 1.165) is 27.9 Å². The van der Waals surface area contributed by atoms with Gasteiger partial charge in [-0.25, -0.2) is 4.39 Å². The Morgan fingerprint density at radius 2 is 1.65 bits per heavy atom. The van der Waals surface area contributed by atoms with Gasteiger partial charge in [-0.3, -0.25) is 14.4 Å². The number of benzene rings is 3. The van der Waals surface area contributed by atoms with E-state index in [4.69, 9.17) is 0 Å². The number of carbonyl (C=O) groups is 2. The van der Waals surface area contributed by atoms with Crippen molar-refractivity contribution in [3.63, 3.8) is 0 Å². The Bertz CT molecular complexity index is 1610. The fraction of sp³-hybridized carbons (Fsp3) is 0.194. The molecule has 0 spiro atoms. The minimum atomic E-state index is -0.282. The predicted molar refractivity (Wildman–Crippen MR) is 145 cm³/mol. The number of nitrogens with zero attached hydrogens (tertiary/aromatic N) is 1. The molecule has 0 unspecified atom stereocenters. The molecule has 0 radical (unpaired) electrons. The van der Waals surface area contributed by atoms with Gasteiger partial charge in [-0.15, -0.1) is 0 Å². The molecule has 0 fully saturated rings. The summed E-state index contributed by atoms with van der Waals surface area (Å²) in [6.45, 7) is 11.4. The maximum Gasteiger partial charge on any atom is 0.251 e. The van der Waals surface area contributed by atoms with Crippen LogP contribution in [-0.2, 0) is 6.42 Å². The monoisotopic (exact) mass is 496 g/mol. The lowest BCUT2D eigenvalue weighted by atomic mass is 9.93. The summed E-state index contributed by atoms with van der Waals surface area (Å²) in [6.07, 6.45) is 3.52. The van der Waals surface area contributed by atoms with Gasteiger partial charge in [-0.1, -0.05) is 18.7 Å². The highest BCUT2D eigenvalue weighted by Crippen LogP contribution is 2.28. The Balaban J connectivity index is 1.99. The molecule has 0 atom stereocenters. The molecule has 5 nitrogen and oxygen atoms in total. The lowest BCUT2D eigenvalue weighted by Crippen LogP contribution is -2.23. The summed E-state index contributed by atoms with van der Waals surface area (Å²) in [4.78, 5) is 38.1. The van der Waals surface area contributed by atoms with Crippen molar-refractivity contribution in [1.29, 1.82) is 0 Å². The number of carbonyl (C=O) groups excluding carboxylic acids is 2. The van der Waals surface area contributed by atoms with Gasteiger partial charge in [0.2, 0.25) is 0 Å². The third kappa shape index (κ3) is 5.00. The Kier molecular flexibility index (Phi) is 7.21. The van der Waals surface area contributed by atoms with Crippen LogP contribution in [0.4, 0.5) is 4.39 Å². The number of hydrogen-bond donors (Lipinski definition) is 1. The van der Waals surface area contributed by atoms with Crippen molar-refractivity contribution in [1.82, 2.24) is 9.88 Å². The highest BCUT2D eigenvalue weighted by molar-refractivity contribution is 6.04. The Labute approximate surface area is 215 Å². The maximum absolute atomic E-state index is 14.0. The van der Waals surface area contributed by atoms with Crippen LogP contribution >= 0.6 is 0 Å². The molecule has 0 aliphatic rings. The van der Waals surface area contributed by atoms with Gasteiger partial charge < -0.3 is 9.88 Å². The number of fused-ring (bicyclic) bond motifs is 1. The summed E-state index contributed by atoms with van der Waals surface area (Å²) in [5.41, 5.74) is 6.09. The molecule has 3 aromatic carbocycles. The van der Waals surface area contributed by atoms with E-state index in [9.17, 15) is 18.8 Å². The summed E-state index contributed by atoms with van der Waals surface area (Å²) >= 11 is 0. The van der Waals surface area contributed by atoms with Crippen LogP contribution in [0.5, 0.6) is 0 Å². The van der Waals surface area contributed by atoms with Gasteiger partial charge >= 0.3 is 0 Å². The first-order valence-corrected chi connectivity index (χ1v) is 12.1. The van der Waals surface area contributed by atoms with E-state index < -0.39 is 0 Å². The Morgan fingerprint density at radius 1 is 0.973 bits per heavy atom. The van der Waals surface area contributed by atoms with Gasteiger partial charge in [0.1, 0.15) is 5.82 Å². The molecule has 0 saturated carbocycles. The molecular formula is C31H29FN2O3. The second-order valence-corrected chi connectivity index (χ2v) is 9.21. The Hall–Kier alpha value is -4.32. The zero-order valence-corrected chi connectivity index (χ0v) is 21.4. The molecule has 1 aromatic heterocycles. The van der Waals surface area contributed by atoms with Crippen LogP contribution in [0.2, 0.25) is 0 Å². The fourth-order valence-corrected chi connectivity index (χ4v) is 4.68. The SMILES string of the molecule is C=CC(=O)c1ccc(Cc2c(C)cc(F)cc2C)c(-n2cc(C)c(=O)c3cc(C(=O)NCC)ccc32)c1. The molecule has 4 rings (SSSR count). The molecule has 1 N–H and O–H groups in total. The number of hydrogen-bond acceptors (Lipinski definition) is 3. The molecule has 1 heterocycles. The van der Waals surface area contributed by atoms with E-state index in [1.165, 1.54) is 18.2 Å². The molecule has 4 aromatic rings. The van der Waals surface area contributed by atoms with Crippen LogP contribution in [0.3, 0.4) is 0 Å². The van der Waals surface area contributed by atoms with Gasteiger partial charge in [-0.2, -0.15) is 0 Å². The van der Waals surface area contributed by atoms with Crippen LogP contribution in [0.25, 0.3) is 16.6 Å². The van der Waals surface area contributed by atoms with Crippen LogP contribution in [0.1, 0.15) is 55.5 Å². The quantitative estimate of drug-likeness (QED) is 0.261. The average molecular weight is 497 g/mol. The summed E-state index contributed by atoms with van der Waals surface area (Å²) in [7, 11) is 0. The molecule has 0 saturated heterocycles. The van der Waals surface area contributed by atoms with Crippen LogP contribution < -0.4 is 10.7 Å². The number of amides is 1. The van der Waals surface area contributed by atoms with Crippen molar-refractivity contribution >= 4 is 22.6 Å². The first-order chi connectivity index (χ1) is 17.6. The zero-order chi connectivity index (χ0) is 26.9. The number of allylic oxidation sites excluding steroid dienone is 1. The van der Waals surface area contributed by atoms with E-state index in [0.29, 0.717) is 40.6 Å². The number of ketones is 1. The van der Waals surface area contributed by atoms with Crippen LogP contribution in [-0.4, -0.2) is 22.8 Å². The summed E-state index contributed by atoms with van der Waals surface area (Å²) in [6, 6.07) is 13.5. The van der Waals surface area contributed by atoms with Crippen molar-refractivity contribution in [3.05, 3.63) is 122 Å². The second kappa shape index (κ2) is 10.3. The van der Waals surface area contributed by atoms with Crippen molar-refractivity contribution in [2.75, 3.05) is 6.54 Å². The fourth-order valence-electron chi connectivity index (χ4n) is 4.68. The first-order valence-electron chi connectivity index (χ1n) is 12.1. The molecular weight excluding hydrogens is 467 g/mol. The summed E-state index contributed by atoms with van der Waals surface area (Å²) in [5, 5.41) is 3.17. The lowest BCUT2D eigenvalue weighted by Gasteiger charge is -2.19. The standard InChI is InChI=1S/C31H29FN2O3/c1-6-29(35)22-9-8-21(14-25-18(3)12-24(32)13-19(25)4)28(16-22)34-17-20(5)30(36)26-15-23(10-11-27(26)34)31(37)33-7-2/h6,8-13,15-17H,1,7,14H2,2-5H3,(H,33,37). The van der Waals surface area contributed by atoms with E-state index in [2.05, 4.69) is 11.9 Å². The highest BCUT2D eigenvalue weighted by atomic mass is 19.1. The first kappa shape index (κ1) is 25.8. The average Bonchev–Trinajstić information content (AvgIpc) is 2.87. The van der Waals surface area contributed by atoms with Gasteiger partial charge in [0.05, 0.1) is 5.52 Å².